The van der Waals surface area contributed by atoms with Gasteiger partial charge in [0, 0.05) is 35.4 Å². The smallest absolute Gasteiger partial charge is 0.143 e. The Morgan fingerprint density at radius 3 is 2.96 bits per heavy atom. The van der Waals surface area contributed by atoms with Crippen molar-refractivity contribution in [1.29, 1.82) is 0 Å². The highest BCUT2D eigenvalue weighted by atomic mass is 79.9. The van der Waals surface area contributed by atoms with Crippen molar-refractivity contribution in [2.45, 2.75) is 38.1 Å². The van der Waals surface area contributed by atoms with Gasteiger partial charge in [-0.05, 0) is 83.8 Å². The molecule has 3 heterocycles. The summed E-state index contributed by atoms with van der Waals surface area (Å²) in [5, 5.41) is 2.88. The van der Waals surface area contributed by atoms with E-state index in [1.54, 1.807) is 0 Å². The Morgan fingerprint density at radius 2 is 2.04 bits per heavy atom. The molecule has 28 heavy (non-hydrogen) atoms. The Kier molecular flexibility index (Phi) is 4.85. The molecule has 3 nitrogen and oxygen atoms in total. The molecule has 0 radical (unpaired) electrons. The van der Waals surface area contributed by atoms with E-state index in [-0.39, 0.29) is 0 Å². The first kappa shape index (κ1) is 18.1. The molecule has 1 aliphatic rings. The van der Waals surface area contributed by atoms with Crippen LogP contribution in [0, 0.1) is 5.92 Å². The molecule has 142 valence electrons. The van der Waals surface area contributed by atoms with Crippen molar-refractivity contribution < 1.29 is 0 Å². The van der Waals surface area contributed by atoms with Crippen molar-refractivity contribution in [2.24, 2.45) is 5.92 Å². The zero-order valence-electron chi connectivity index (χ0n) is 15.5. The number of aryl methyl sites for hydroxylation is 1. The van der Waals surface area contributed by atoms with Crippen molar-refractivity contribution >= 4 is 49.3 Å². The Morgan fingerprint density at radius 1 is 1.11 bits per heavy atom. The first-order chi connectivity index (χ1) is 13.7. The summed E-state index contributed by atoms with van der Waals surface area (Å²) in [5.74, 6) is 0.779. The van der Waals surface area contributed by atoms with Gasteiger partial charge in [-0.25, -0.2) is 4.98 Å². The van der Waals surface area contributed by atoms with Crippen LogP contribution < -0.4 is 0 Å². The van der Waals surface area contributed by atoms with Crippen LogP contribution in [0.15, 0.2) is 59.5 Å². The van der Waals surface area contributed by atoms with Crippen LogP contribution in [0.1, 0.15) is 37.3 Å². The van der Waals surface area contributed by atoms with E-state index in [9.17, 15) is 0 Å². The second kappa shape index (κ2) is 7.49. The minimum Gasteiger partial charge on any atom is -0.344 e. The highest BCUT2D eigenvalue weighted by Crippen LogP contribution is 2.39. The van der Waals surface area contributed by atoms with Gasteiger partial charge in [-0.15, -0.1) is 0 Å². The van der Waals surface area contributed by atoms with Gasteiger partial charge in [-0.1, -0.05) is 23.7 Å². The number of hydrogen-bond donors (Lipinski definition) is 0. The molecule has 0 spiro atoms. The molecule has 0 bridgehead atoms. The van der Waals surface area contributed by atoms with Crippen molar-refractivity contribution in [3.63, 3.8) is 0 Å². The molecule has 0 amide bonds. The van der Waals surface area contributed by atoms with Crippen LogP contribution in [0.3, 0.4) is 0 Å². The summed E-state index contributed by atoms with van der Waals surface area (Å²) in [7, 11) is 0. The van der Waals surface area contributed by atoms with E-state index in [0.29, 0.717) is 11.2 Å². The molecule has 0 aliphatic heterocycles. The Labute approximate surface area is 177 Å². The topological polar surface area (TPSA) is 30.7 Å². The molecular weight excluding hydrogens is 434 g/mol. The number of nitrogens with zero attached hydrogens (tertiary/aromatic N) is 3. The zero-order chi connectivity index (χ0) is 19.1. The van der Waals surface area contributed by atoms with Gasteiger partial charge < -0.3 is 4.57 Å². The quantitative estimate of drug-likeness (QED) is 0.312. The molecular formula is C23H21BrClN3. The summed E-state index contributed by atoms with van der Waals surface area (Å²) in [6, 6.07) is 13.5. The maximum absolute atomic E-state index is 6.16. The number of halogens is 2. The molecule has 1 saturated carbocycles. The van der Waals surface area contributed by atoms with Gasteiger partial charge in [0.2, 0.25) is 0 Å². The molecule has 1 fully saturated rings. The molecule has 0 saturated heterocycles. The first-order valence-electron chi connectivity index (χ1n) is 9.82. The number of aromatic nitrogens is 3. The fourth-order valence-corrected chi connectivity index (χ4v) is 5.06. The molecule has 0 N–H and O–H groups in total. The molecule has 4 aromatic rings. The molecule has 2 atom stereocenters. The van der Waals surface area contributed by atoms with Crippen LogP contribution in [0.5, 0.6) is 0 Å². The third-order valence-electron chi connectivity index (χ3n) is 6.06. The molecule has 1 aromatic carbocycles. The summed E-state index contributed by atoms with van der Waals surface area (Å²) in [5.41, 5.74) is 3.63. The summed E-state index contributed by atoms with van der Waals surface area (Å²) in [4.78, 5) is 8.73. The predicted molar refractivity (Wildman–Crippen MR) is 119 cm³/mol. The van der Waals surface area contributed by atoms with Gasteiger partial charge in [0.15, 0.2) is 0 Å². The lowest BCUT2D eigenvalue weighted by Gasteiger charge is -2.15. The van der Waals surface area contributed by atoms with Crippen LogP contribution in [0.2, 0.25) is 5.15 Å². The van der Waals surface area contributed by atoms with Crippen LogP contribution in [0.4, 0.5) is 0 Å². The fourth-order valence-electron chi connectivity index (χ4n) is 4.58. The van der Waals surface area contributed by atoms with Crippen molar-refractivity contribution in [2.75, 3.05) is 0 Å². The number of benzene rings is 1. The number of rotatable bonds is 4. The van der Waals surface area contributed by atoms with E-state index in [1.165, 1.54) is 42.1 Å². The van der Waals surface area contributed by atoms with Gasteiger partial charge in [0.05, 0.1) is 15.5 Å². The maximum atomic E-state index is 6.16. The van der Waals surface area contributed by atoms with E-state index in [4.69, 9.17) is 11.6 Å². The normalized spacial score (nSPS) is 19.6. The molecule has 2 unspecified atom stereocenters. The van der Waals surface area contributed by atoms with Gasteiger partial charge in [-0.3, -0.25) is 4.98 Å². The number of fused-ring (bicyclic) bond motifs is 2. The lowest BCUT2D eigenvalue weighted by Crippen LogP contribution is -2.04. The summed E-state index contributed by atoms with van der Waals surface area (Å²) >= 11 is 9.61. The lowest BCUT2D eigenvalue weighted by molar-refractivity contribution is 0.462. The van der Waals surface area contributed by atoms with E-state index < -0.39 is 0 Å². The Bertz CT molecular complexity index is 1150. The van der Waals surface area contributed by atoms with E-state index in [0.717, 1.165) is 27.7 Å². The highest BCUT2D eigenvalue weighted by Gasteiger charge is 2.26. The van der Waals surface area contributed by atoms with Gasteiger partial charge in [0.1, 0.15) is 5.15 Å². The molecule has 1 aliphatic carbocycles. The number of hydrogen-bond acceptors (Lipinski definition) is 2. The average Bonchev–Trinajstić information content (AvgIpc) is 3.34. The zero-order valence-corrected chi connectivity index (χ0v) is 17.8. The number of pyridine rings is 2. The maximum Gasteiger partial charge on any atom is 0.143 e. The minimum absolute atomic E-state index is 0.525. The Balaban J connectivity index is 1.26. The second-order valence-electron chi connectivity index (χ2n) is 7.82. The minimum atomic E-state index is 0.525. The van der Waals surface area contributed by atoms with E-state index >= 15 is 0 Å². The predicted octanol–water partition coefficient (Wildman–Crippen LogP) is 6.97. The summed E-state index contributed by atoms with van der Waals surface area (Å²) < 4.78 is 3.30. The standard InChI is InChI=1S/C23H21BrClN3/c24-20-13-17-5-3-16(12-21(17)27-23(20)25)2-1-15-4-6-19(11-15)28-10-8-18-14-26-9-7-22(18)28/h3,5,7-10,12-15,19H,1-2,4,6,11H2. The van der Waals surface area contributed by atoms with Gasteiger partial charge in [0.25, 0.3) is 0 Å². The lowest BCUT2D eigenvalue weighted by atomic mass is 9.97. The Hall–Kier alpha value is -1.91. The van der Waals surface area contributed by atoms with E-state index in [1.807, 2.05) is 18.5 Å². The SMILES string of the molecule is Clc1nc2cc(CCC3CCC(n4ccc5cnccc54)C3)ccc2cc1Br. The van der Waals surface area contributed by atoms with Crippen LogP contribution in [-0.4, -0.2) is 14.5 Å². The van der Waals surface area contributed by atoms with Crippen LogP contribution >= 0.6 is 27.5 Å². The van der Waals surface area contributed by atoms with Crippen LogP contribution in [-0.2, 0) is 6.42 Å². The monoisotopic (exact) mass is 453 g/mol. The van der Waals surface area contributed by atoms with Gasteiger partial charge >= 0.3 is 0 Å². The largest absolute Gasteiger partial charge is 0.344 e. The molecule has 5 rings (SSSR count). The van der Waals surface area contributed by atoms with Crippen molar-refractivity contribution in [3.8, 4) is 0 Å². The van der Waals surface area contributed by atoms with Gasteiger partial charge in [-0.2, -0.15) is 0 Å². The van der Waals surface area contributed by atoms with E-state index in [2.05, 4.69) is 67.0 Å². The fraction of sp³-hybridized carbons (Fsp3) is 0.304. The average molecular weight is 455 g/mol. The second-order valence-corrected chi connectivity index (χ2v) is 9.03. The van der Waals surface area contributed by atoms with Crippen molar-refractivity contribution in [3.05, 3.63) is 70.2 Å². The van der Waals surface area contributed by atoms with Crippen molar-refractivity contribution in [1.82, 2.24) is 14.5 Å². The molecule has 3 aromatic heterocycles. The third-order valence-corrected chi connectivity index (χ3v) is 7.18. The first-order valence-corrected chi connectivity index (χ1v) is 11.0. The highest BCUT2D eigenvalue weighted by molar-refractivity contribution is 9.10. The molecule has 5 heteroatoms. The summed E-state index contributed by atoms with van der Waals surface area (Å²) in [6.45, 7) is 0. The third kappa shape index (κ3) is 3.44. The van der Waals surface area contributed by atoms with Crippen LogP contribution in [0.25, 0.3) is 21.8 Å². The summed E-state index contributed by atoms with van der Waals surface area (Å²) in [6.07, 6.45) is 12.2.